The van der Waals surface area contributed by atoms with Crippen molar-refractivity contribution in [2.24, 2.45) is 29.6 Å². The lowest BCUT2D eigenvalue weighted by atomic mass is 9.60. The molecule has 0 saturated heterocycles. The summed E-state index contributed by atoms with van der Waals surface area (Å²) < 4.78 is 33.5. The van der Waals surface area contributed by atoms with Crippen molar-refractivity contribution < 1.29 is 13.5 Å². The Morgan fingerprint density at radius 1 is 0.692 bits per heavy atom. The summed E-state index contributed by atoms with van der Waals surface area (Å²) in [5, 5.41) is 0. The zero-order chi connectivity index (χ0) is 27.8. The van der Waals surface area contributed by atoms with Gasteiger partial charge in [-0.15, -0.1) is 0 Å². The molecule has 0 aromatic heterocycles. The molecule has 4 atom stereocenters. The van der Waals surface area contributed by atoms with Gasteiger partial charge in [0.1, 0.15) is 6.61 Å². The first kappa shape index (κ1) is 30.1. The van der Waals surface area contributed by atoms with Gasteiger partial charge in [-0.05, 0) is 117 Å². The van der Waals surface area contributed by atoms with Crippen LogP contribution in [0, 0.1) is 48.1 Å². The maximum Gasteiger partial charge on any atom is 0.200 e. The molecule has 216 valence electrons. The van der Waals surface area contributed by atoms with Crippen LogP contribution in [-0.2, 0) is 6.61 Å². The summed E-state index contributed by atoms with van der Waals surface area (Å²) in [5.41, 5.74) is 2.71. The van der Waals surface area contributed by atoms with Gasteiger partial charge < -0.3 is 4.74 Å². The van der Waals surface area contributed by atoms with Gasteiger partial charge >= 0.3 is 0 Å². The Hall–Kier alpha value is -1.90. The number of halogens is 2. The fourth-order valence-corrected chi connectivity index (χ4v) is 7.80. The van der Waals surface area contributed by atoms with E-state index < -0.39 is 11.6 Å². The molecule has 0 radical (unpaired) electrons. The highest BCUT2D eigenvalue weighted by atomic mass is 19.2. The van der Waals surface area contributed by atoms with Gasteiger partial charge in [0.05, 0.1) is 0 Å². The summed E-state index contributed by atoms with van der Waals surface area (Å²) in [6.45, 7) is 8.39. The molecule has 0 bridgehead atoms. The van der Waals surface area contributed by atoms with E-state index in [1.807, 2.05) is 0 Å². The molecule has 0 spiro atoms. The topological polar surface area (TPSA) is 9.23 Å². The van der Waals surface area contributed by atoms with Crippen molar-refractivity contribution in [3.63, 3.8) is 0 Å². The van der Waals surface area contributed by atoms with E-state index in [1.54, 1.807) is 13.0 Å². The third-order valence-corrected chi connectivity index (χ3v) is 9.99. The fraction of sp³-hybridized carbons (Fsp3) is 0.667. The van der Waals surface area contributed by atoms with Crippen LogP contribution in [0.25, 0.3) is 0 Å². The van der Waals surface area contributed by atoms with Crippen LogP contribution in [0.5, 0.6) is 5.75 Å². The molecule has 0 heterocycles. The molecule has 2 aromatic rings. The lowest BCUT2D eigenvalue weighted by Crippen LogP contribution is -2.34. The second-order valence-electron chi connectivity index (χ2n) is 12.9. The number of aryl methyl sites for hydroxylation is 1. The third-order valence-electron chi connectivity index (χ3n) is 9.99. The summed E-state index contributed by atoms with van der Waals surface area (Å²) in [6.07, 6.45) is 18.4. The Kier molecular flexibility index (Phi) is 11.3. The maximum atomic E-state index is 14.1. The molecule has 5 rings (SSSR count). The van der Waals surface area contributed by atoms with Crippen molar-refractivity contribution in [1.29, 1.82) is 0 Å². The summed E-state index contributed by atoms with van der Waals surface area (Å²) in [6, 6.07) is 11.7. The molecular weight excluding hydrogens is 486 g/mol. The van der Waals surface area contributed by atoms with E-state index in [9.17, 15) is 8.78 Å². The van der Waals surface area contributed by atoms with Crippen molar-refractivity contribution in [3.8, 4) is 5.75 Å². The smallest absolute Gasteiger partial charge is 0.200 e. The second kappa shape index (κ2) is 14.6. The predicted molar refractivity (Wildman–Crippen MR) is 159 cm³/mol. The summed E-state index contributed by atoms with van der Waals surface area (Å²) in [5.74, 6) is 3.78. The van der Waals surface area contributed by atoms with E-state index in [4.69, 9.17) is 4.74 Å². The van der Waals surface area contributed by atoms with Crippen molar-refractivity contribution >= 4 is 0 Å². The Morgan fingerprint density at radius 2 is 1.28 bits per heavy atom. The molecule has 1 nitrogen and oxygen atoms in total. The van der Waals surface area contributed by atoms with Crippen molar-refractivity contribution in [3.05, 3.63) is 64.7 Å². The molecule has 4 unspecified atom stereocenters. The molecule has 3 heteroatoms. The van der Waals surface area contributed by atoms with Crippen molar-refractivity contribution in [2.45, 2.75) is 124 Å². The van der Waals surface area contributed by atoms with E-state index in [1.165, 1.54) is 95.1 Å². The minimum Gasteiger partial charge on any atom is -0.486 e. The van der Waals surface area contributed by atoms with E-state index in [2.05, 4.69) is 45.0 Å². The standard InChI is InChI=1S/C33H44F2O.C3H8/c1-3-4-23-6-10-25(11-7-23)27-14-16-30-20-28(15-17-29(30)19-27)26-12-8-24(9-13-26)21-36-31-18-5-22(2)32(34)33(31)35;1-3-2/h5,8-9,12-13,18,23,25,27-30H,3-4,6-7,10-11,14-17,19-21H2,1-2H3;3H2,1-2H3. The minimum atomic E-state index is -0.901. The molecular formula is C36H52F2O. The first-order valence-corrected chi connectivity index (χ1v) is 16.1. The van der Waals surface area contributed by atoms with Crippen LogP contribution in [0.15, 0.2) is 36.4 Å². The zero-order valence-corrected chi connectivity index (χ0v) is 25.0. The van der Waals surface area contributed by atoms with Crippen LogP contribution in [0.2, 0.25) is 0 Å². The Labute approximate surface area is 237 Å². The van der Waals surface area contributed by atoms with Crippen LogP contribution < -0.4 is 4.74 Å². The fourth-order valence-electron chi connectivity index (χ4n) is 7.80. The minimum absolute atomic E-state index is 0.0231. The van der Waals surface area contributed by atoms with Gasteiger partial charge in [-0.25, -0.2) is 4.39 Å². The average Bonchev–Trinajstić information content (AvgIpc) is 2.96. The van der Waals surface area contributed by atoms with Crippen LogP contribution in [0.3, 0.4) is 0 Å². The zero-order valence-electron chi connectivity index (χ0n) is 25.0. The Bertz CT molecular complexity index is 1010. The normalized spacial score (nSPS) is 28.7. The molecule has 0 N–H and O–H groups in total. The second-order valence-corrected chi connectivity index (χ2v) is 12.9. The summed E-state index contributed by atoms with van der Waals surface area (Å²) in [4.78, 5) is 0. The number of hydrogen-bond acceptors (Lipinski definition) is 1. The van der Waals surface area contributed by atoms with Crippen LogP contribution in [0.4, 0.5) is 8.78 Å². The van der Waals surface area contributed by atoms with E-state index in [-0.39, 0.29) is 12.4 Å². The first-order valence-electron chi connectivity index (χ1n) is 16.1. The molecule has 0 amide bonds. The largest absolute Gasteiger partial charge is 0.486 e. The number of benzene rings is 2. The summed E-state index contributed by atoms with van der Waals surface area (Å²) >= 11 is 0. The SMILES string of the molecule is CCC.CCCC1CCC(C2CCC3CC(c4ccc(COc5ccc(C)c(F)c5F)cc4)CCC3C2)CC1. The average molecular weight is 539 g/mol. The van der Waals surface area contributed by atoms with E-state index >= 15 is 0 Å². The van der Waals surface area contributed by atoms with Crippen molar-refractivity contribution in [2.75, 3.05) is 0 Å². The van der Waals surface area contributed by atoms with Crippen molar-refractivity contribution in [1.82, 2.24) is 0 Å². The molecule has 0 aliphatic heterocycles. The van der Waals surface area contributed by atoms with Gasteiger partial charge in [0, 0.05) is 0 Å². The molecule has 3 aliphatic rings. The maximum absolute atomic E-state index is 14.1. The van der Waals surface area contributed by atoms with Crippen LogP contribution in [-0.4, -0.2) is 0 Å². The van der Waals surface area contributed by atoms with Gasteiger partial charge in [-0.3, -0.25) is 0 Å². The van der Waals surface area contributed by atoms with E-state index in [0.29, 0.717) is 11.5 Å². The van der Waals surface area contributed by atoms with Crippen LogP contribution >= 0.6 is 0 Å². The number of ether oxygens (including phenoxy) is 1. The van der Waals surface area contributed by atoms with Gasteiger partial charge in [0.2, 0.25) is 5.82 Å². The highest BCUT2D eigenvalue weighted by molar-refractivity contribution is 5.31. The van der Waals surface area contributed by atoms with Gasteiger partial charge in [-0.2, -0.15) is 4.39 Å². The molecule has 39 heavy (non-hydrogen) atoms. The Morgan fingerprint density at radius 3 is 1.95 bits per heavy atom. The lowest BCUT2D eigenvalue weighted by Gasteiger charge is -2.45. The van der Waals surface area contributed by atoms with Gasteiger partial charge in [0.15, 0.2) is 11.6 Å². The van der Waals surface area contributed by atoms with Crippen LogP contribution in [0.1, 0.15) is 127 Å². The lowest BCUT2D eigenvalue weighted by molar-refractivity contribution is 0.0712. The first-order chi connectivity index (χ1) is 18.9. The molecule has 3 saturated carbocycles. The highest BCUT2D eigenvalue weighted by Gasteiger charge is 2.39. The number of fused-ring (bicyclic) bond motifs is 1. The van der Waals surface area contributed by atoms with Gasteiger partial charge in [0.25, 0.3) is 0 Å². The Balaban J connectivity index is 0.00000112. The number of rotatable bonds is 7. The molecule has 2 aromatic carbocycles. The molecule has 3 aliphatic carbocycles. The quantitative estimate of drug-likeness (QED) is 0.341. The monoisotopic (exact) mass is 538 g/mol. The third kappa shape index (κ3) is 7.86. The summed E-state index contributed by atoms with van der Waals surface area (Å²) in [7, 11) is 0. The molecule has 3 fully saturated rings. The highest BCUT2D eigenvalue weighted by Crippen LogP contribution is 2.51. The van der Waals surface area contributed by atoms with Gasteiger partial charge in [-0.1, -0.05) is 83.2 Å². The predicted octanol–water partition coefficient (Wildman–Crippen LogP) is 11.2. The number of hydrogen-bond donors (Lipinski definition) is 0. The van der Waals surface area contributed by atoms with E-state index in [0.717, 1.165) is 35.2 Å².